The highest BCUT2D eigenvalue weighted by molar-refractivity contribution is 5.55. The molecule has 0 atom stereocenters. The Hall–Kier alpha value is -2.64. The van der Waals surface area contributed by atoms with Gasteiger partial charge in [0.25, 0.3) is 0 Å². The number of nitrogens with one attached hydrogen (secondary N) is 1. The minimum absolute atomic E-state index is 0.130. The van der Waals surface area contributed by atoms with E-state index in [1.54, 1.807) is 19.9 Å². The molecule has 0 saturated heterocycles. The molecule has 27 heavy (non-hydrogen) atoms. The summed E-state index contributed by atoms with van der Waals surface area (Å²) in [5, 5.41) is 2.92. The van der Waals surface area contributed by atoms with Crippen molar-refractivity contribution in [1.82, 2.24) is 14.1 Å². The van der Waals surface area contributed by atoms with Crippen molar-refractivity contribution < 1.29 is 9.13 Å². The Morgan fingerprint density at radius 3 is 2.52 bits per heavy atom. The fraction of sp³-hybridized carbons (Fsp3) is 0.526. The lowest BCUT2D eigenvalue weighted by Crippen LogP contribution is -2.43. The smallest absolute Gasteiger partial charge is 0.355 e. The summed E-state index contributed by atoms with van der Waals surface area (Å²) in [4.78, 5) is 29.1. The number of aromatic nitrogens is 3. The number of nitrogens with zero attached hydrogens (tertiary/aromatic N) is 3. The Morgan fingerprint density at radius 2 is 1.96 bits per heavy atom. The van der Waals surface area contributed by atoms with Crippen LogP contribution in [0.5, 0.6) is 5.75 Å². The molecule has 1 N–H and O–H groups in total. The Morgan fingerprint density at radius 1 is 1.26 bits per heavy atom. The van der Waals surface area contributed by atoms with Gasteiger partial charge in [-0.1, -0.05) is 0 Å². The third kappa shape index (κ3) is 4.37. The maximum absolute atomic E-state index is 14.2. The van der Waals surface area contributed by atoms with Gasteiger partial charge in [-0.05, 0) is 58.6 Å². The Balaban J connectivity index is 1.97. The molecule has 1 saturated carbocycles. The second-order valence-corrected chi connectivity index (χ2v) is 7.46. The fourth-order valence-corrected chi connectivity index (χ4v) is 2.82. The lowest BCUT2D eigenvalue weighted by Gasteiger charge is -2.17. The number of ether oxygens (including phenoxy) is 1. The van der Waals surface area contributed by atoms with E-state index < -0.39 is 17.2 Å². The summed E-state index contributed by atoms with van der Waals surface area (Å²) < 4.78 is 22.2. The standard InChI is InChI=1S/C19H25FN4O3/c1-11(2)24-18(25)22-17(23(19(24)26)10-13-5-6-13)21-14-7-8-16(15(20)9-14)27-12(3)4/h7-9,11-13H,5-6,10H2,1-4H3,(H,21,22,25). The van der Waals surface area contributed by atoms with E-state index in [2.05, 4.69) is 10.3 Å². The van der Waals surface area contributed by atoms with Gasteiger partial charge in [-0.2, -0.15) is 4.98 Å². The maximum atomic E-state index is 14.2. The van der Waals surface area contributed by atoms with Gasteiger partial charge in [0.2, 0.25) is 5.95 Å². The van der Waals surface area contributed by atoms with Crippen LogP contribution in [0.3, 0.4) is 0 Å². The summed E-state index contributed by atoms with van der Waals surface area (Å²) in [6.07, 6.45) is 1.94. The van der Waals surface area contributed by atoms with Crippen molar-refractivity contribution in [3.8, 4) is 5.75 Å². The van der Waals surface area contributed by atoms with E-state index >= 15 is 0 Å². The molecule has 1 aromatic carbocycles. The molecule has 3 rings (SSSR count). The van der Waals surface area contributed by atoms with Gasteiger partial charge < -0.3 is 10.1 Å². The predicted molar refractivity (Wildman–Crippen MR) is 101 cm³/mol. The maximum Gasteiger partial charge on any atom is 0.355 e. The molecule has 0 amide bonds. The molecule has 0 radical (unpaired) electrons. The largest absolute Gasteiger partial charge is 0.488 e. The normalized spacial score (nSPS) is 14.0. The van der Waals surface area contributed by atoms with Crippen LogP contribution in [-0.4, -0.2) is 20.2 Å². The van der Waals surface area contributed by atoms with E-state index in [0.29, 0.717) is 18.2 Å². The van der Waals surface area contributed by atoms with Gasteiger partial charge in [0.1, 0.15) is 0 Å². The molecule has 0 bridgehead atoms. The first-order valence-corrected chi connectivity index (χ1v) is 9.23. The van der Waals surface area contributed by atoms with Crippen molar-refractivity contribution in [3.63, 3.8) is 0 Å². The van der Waals surface area contributed by atoms with Gasteiger partial charge in [-0.25, -0.2) is 18.5 Å². The fourth-order valence-electron chi connectivity index (χ4n) is 2.82. The van der Waals surface area contributed by atoms with Crippen LogP contribution >= 0.6 is 0 Å². The Bertz CT molecular complexity index is 945. The molecule has 2 aromatic rings. The highest BCUT2D eigenvalue weighted by Gasteiger charge is 2.25. The van der Waals surface area contributed by atoms with E-state index in [9.17, 15) is 14.0 Å². The van der Waals surface area contributed by atoms with E-state index in [0.717, 1.165) is 17.4 Å². The minimum atomic E-state index is -0.621. The number of anilines is 2. The van der Waals surface area contributed by atoms with Gasteiger partial charge in [-0.15, -0.1) is 0 Å². The molecule has 0 unspecified atom stereocenters. The third-order valence-electron chi connectivity index (χ3n) is 4.31. The second kappa shape index (κ2) is 7.54. The molecule has 8 heteroatoms. The van der Waals surface area contributed by atoms with Crippen LogP contribution in [0.15, 0.2) is 27.8 Å². The van der Waals surface area contributed by atoms with Crippen LogP contribution in [0, 0.1) is 11.7 Å². The molecular weight excluding hydrogens is 351 g/mol. The average Bonchev–Trinajstić information content (AvgIpc) is 3.37. The zero-order chi connectivity index (χ0) is 19.7. The predicted octanol–water partition coefficient (Wildman–Crippen LogP) is 3.07. The molecule has 0 spiro atoms. The number of benzene rings is 1. The first-order chi connectivity index (χ1) is 12.8. The van der Waals surface area contributed by atoms with Crippen molar-refractivity contribution >= 4 is 11.6 Å². The van der Waals surface area contributed by atoms with Gasteiger partial charge in [0.05, 0.1) is 6.10 Å². The van der Waals surface area contributed by atoms with Crippen LogP contribution in [0.2, 0.25) is 0 Å². The van der Waals surface area contributed by atoms with E-state index in [4.69, 9.17) is 4.74 Å². The molecule has 7 nitrogen and oxygen atoms in total. The van der Waals surface area contributed by atoms with Crippen molar-refractivity contribution in [2.75, 3.05) is 5.32 Å². The molecular formula is C19H25FN4O3. The summed E-state index contributed by atoms with van der Waals surface area (Å²) in [5.41, 5.74) is -0.633. The van der Waals surface area contributed by atoms with Gasteiger partial charge in [0, 0.05) is 24.3 Å². The SMILES string of the molecule is CC(C)Oc1ccc(Nc2nc(=O)n(C(C)C)c(=O)n2CC2CC2)cc1F. The topological polar surface area (TPSA) is 78.2 Å². The number of hydrogen-bond donors (Lipinski definition) is 1. The molecule has 1 fully saturated rings. The first-order valence-electron chi connectivity index (χ1n) is 9.23. The summed E-state index contributed by atoms with van der Waals surface area (Å²) in [6, 6.07) is 4.11. The molecule has 146 valence electrons. The number of rotatable bonds is 7. The van der Waals surface area contributed by atoms with Crippen LogP contribution in [0.1, 0.15) is 46.6 Å². The number of hydrogen-bond acceptors (Lipinski definition) is 5. The van der Waals surface area contributed by atoms with Crippen molar-refractivity contribution in [3.05, 3.63) is 45.0 Å². The van der Waals surface area contributed by atoms with Crippen LogP contribution in [-0.2, 0) is 6.54 Å². The molecule has 1 aliphatic carbocycles. The van der Waals surface area contributed by atoms with Crippen LogP contribution < -0.4 is 21.4 Å². The molecule has 1 heterocycles. The second-order valence-electron chi connectivity index (χ2n) is 7.46. The van der Waals surface area contributed by atoms with E-state index in [1.165, 1.54) is 16.7 Å². The van der Waals surface area contributed by atoms with Crippen LogP contribution in [0.25, 0.3) is 0 Å². The zero-order valence-electron chi connectivity index (χ0n) is 16.0. The molecule has 1 aromatic heterocycles. The first kappa shape index (κ1) is 19.1. The van der Waals surface area contributed by atoms with Crippen molar-refractivity contribution in [2.24, 2.45) is 5.92 Å². The molecule has 1 aliphatic rings. The average molecular weight is 376 g/mol. The zero-order valence-corrected chi connectivity index (χ0v) is 16.0. The van der Waals surface area contributed by atoms with E-state index in [1.807, 2.05) is 13.8 Å². The Labute approximate surface area is 156 Å². The van der Waals surface area contributed by atoms with E-state index in [-0.39, 0.29) is 23.8 Å². The monoisotopic (exact) mass is 376 g/mol. The van der Waals surface area contributed by atoms with Crippen molar-refractivity contribution in [2.45, 2.75) is 59.2 Å². The third-order valence-corrected chi connectivity index (χ3v) is 4.31. The highest BCUT2D eigenvalue weighted by atomic mass is 19.1. The minimum Gasteiger partial charge on any atom is -0.488 e. The lowest BCUT2D eigenvalue weighted by atomic mass is 10.3. The van der Waals surface area contributed by atoms with Crippen molar-refractivity contribution in [1.29, 1.82) is 0 Å². The summed E-state index contributed by atoms with van der Waals surface area (Å²) in [7, 11) is 0. The van der Waals surface area contributed by atoms with Crippen LogP contribution in [0.4, 0.5) is 16.0 Å². The molecule has 0 aliphatic heterocycles. The summed E-state index contributed by atoms with van der Waals surface area (Å²) in [6.45, 7) is 7.65. The Kier molecular flexibility index (Phi) is 5.34. The van der Waals surface area contributed by atoms with Gasteiger partial charge in [0.15, 0.2) is 11.6 Å². The van der Waals surface area contributed by atoms with Gasteiger partial charge in [-0.3, -0.25) is 4.57 Å². The quantitative estimate of drug-likeness (QED) is 0.804. The number of halogens is 1. The summed E-state index contributed by atoms with van der Waals surface area (Å²) >= 11 is 0. The highest BCUT2D eigenvalue weighted by Crippen LogP contribution is 2.31. The lowest BCUT2D eigenvalue weighted by molar-refractivity contribution is 0.231. The summed E-state index contributed by atoms with van der Waals surface area (Å²) in [5.74, 6) is 0.155. The van der Waals surface area contributed by atoms with Gasteiger partial charge >= 0.3 is 11.4 Å².